The second-order valence-corrected chi connectivity index (χ2v) is 8.17. The number of sulfonamides is 1. The van der Waals surface area contributed by atoms with Crippen LogP contribution < -0.4 is 0 Å². The Hall–Kier alpha value is -0.870. The van der Waals surface area contributed by atoms with Crippen molar-refractivity contribution >= 4 is 10.0 Å². The lowest BCUT2D eigenvalue weighted by atomic mass is 10.0. The lowest BCUT2D eigenvalue weighted by molar-refractivity contribution is 0.288. The molecule has 1 fully saturated rings. The van der Waals surface area contributed by atoms with Crippen molar-refractivity contribution < 1.29 is 8.42 Å². The molecule has 1 saturated heterocycles. The van der Waals surface area contributed by atoms with Crippen LogP contribution in [-0.2, 0) is 10.0 Å². The molecular weight excluding hydrogens is 270 g/mol. The molecule has 0 amide bonds. The van der Waals surface area contributed by atoms with Crippen LogP contribution in [0.1, 0.15) is 50.7 Å². The van der Waals surface area contributed by atoms with E-state index in [0.717, 1.165) is 18.4 Å². The van der Waals surface area contributed by atoms with Crippen LogP contribution in [0.4, 0.5) is 0 Å². The molecule has 4 heteroatoms. The Bertz CT molecular complexity index is 570. The lowest BCUT2D eigenvalue weighted by Gasteiger charge is -2.30. The van der Waals surface area contributed by atoms with Gasteiger partial charge in [0.15, 0.2) is 0 Å². The number of aryl methyl sites for hydroxylation is 1. The van der Waals surface area contributed by atoms with Gasteiger partial charge in [-0.2, -0.15) is 4.31 Å². The van der Waals surface area contributed by atoms with Gasteiger partial charge in [0, 0.05) is 13.1 Å². The summed E-state index contributed by atoms with van der Waals surface area (Å²) in [7, 11) is -3.33. The fourth-order valence-corrected chi connectivity index (χ4v) is 4.36. The summed E-state index contributed by atoms with van der Waals surface area (Å²) in [5, 5.41) is 0. The molecule has 0 aliphatic carbocycles. The van der Waals surface area contributed by atoms with Gasteiger partial charge in [-0.15, -0.1) is 0 Å². The van der Waals surface area contributed by atoms with Crippen molar-refractivity contribution in [2.45, 2.75) is 51.3 Å². The van der Waals surface area contributed by atoms with Crippen LogP contribution in [-0.4, -0.2) is 25.8 Å². The summed E-state index contributed by atoms with van der Waals surface area (Å²) in [6.45, 7) is 9.62. The van der Waals surface area contributed by atoms with Crippen molar-refractivity contribution in [1.29, 1.82) is 0 Å². The molecule has 0 aromatic heterocycles. The van der Waals surface area contributed by atoms with Crippen LogP contribution in [0.3, 0.4) is 0 Å². The summed E-state index contributed by atoms with van der Waals surface area (Å²) < 4.78 is 27.1. The van der Waals surface area contributed by atoms with Gasteiger partial charge in [-0.25, -0.2) is 8.42 Å². The maximum Gasteiger partial charge on any atom is 0.243 e. The van der Waals surface area contributed by atoms with Crippen molar-refractivity contribution in [2.24, 2.45) is 5.92 Å². The summed E-state index contributed by atoms with van der Waals surface area (Å²) in [6, 6.07) is 5.72. The molecule has 112 valence electrons. The largest absolute Gasteiger partial charge is 0.243 e. The van der Waals surface area contributed by atoms with Crippen LogP contribution in [0.2, 0.25) is 0 Å². The molecule has 1 aliphatic heterocycles. The molecule has 0 saturated carbocycles. The zero-order chi connectivity index (χ0) is 14.9. The van der Waals surface area contributed by atoms with Crippen molar-refractivity contribution in [1.82, 2.24) is 4.31 Å². The van der Waals surface area contributed by atoms with Crippen molar-refractivity contribution in [3.05, 3.63) is 29.3 Å². The predicted molar refractivity (Wildman–Crippen MR) is 82.4 cm³/mol. The Morgan fingerprint density at radius 2 is 1.80 bits per heavy atom. The maximum absolute atomic E-state index is 12.7. The summed E-state index contributed by atoms with van der Waals surface area (Å²) in [5.41, 5.74) is 2.04. The molecule has 0 radical (unpaired) electrons. The van der Waals surface area contributed by atoms with Crippen LogP contribution in [0.15, 0.2) is 23.1 Å². The van der Waals surface area contributed by atoms with E-state index < -0.39 is 10.0 Å². The molecule has 0 bridgehead atoms. The van der Waals surface area contributed by atoms with Gasteiger partial charge in [0.25, 0.3) is 0 Å². The molecule has 1 aliphatic rings. The first kappa shape index (κ1) is 15.5. The summed E-state index contributed by atoms with van der Waals surface area (Å²) in [5.74, 6) is 1.05. The lowest BCUT2D eigenvalue weighted by Crippen LogP contribution is -2.38. The monoisotopic (exact) mass is 295 g/mol. The Kier molecular flexibility index (Phi) is 4.55. The highest BCUT2D eigenvalue weighted by molar-refractivity contribution is 7.89. The number of rotatable bonds is 3. The van der Waals surface area contributed by atoms with Gasteiger partial charge >= 0.3 is 0 Å². The molecule has 1 aromatic rings. The molecule has 0 unspecified atom stereocenters. The van der Waals surface area contributed by atoms with E-state index in [1.807, 2.05) is 19.1 Å². The SMILES string of the molecule is Cc1cc(C(C)C)ccc1S(=O)(=O)N1CCC(C)CC1. The minimum Gasteiger partial charge on any atom is -0.207 e. The average molecular weight is 295 g/mol. The van der Waals surface area contributed by atoms with E-state index >= 15 is 0 Å². The number of piperidine rings is 1. The minimum absolute atomic E-state index is 0.418. The zero-order valence-corrected chi connectivity index (χ0v) is 13.7. The summed E-state index contributed by atoms with van der Waals surface area (Å²) in [6.07, 6.45) is 1.92. The van der Waals surface area contributed by atoms with Gasteiger partial charge in [0.1, 0.15) is 0 Å². The van der Waals surface area contributed by atoms with Gasteiger partial charge in [0.2, 0.25) is 10.0 Å². The summed E-state index contributed by atoms with van der Waals surface area (Å²) in [4.78, 5) is 0.469. The highest BCUT2D eigenvalue weighted by Crippen LogP contribution is 2.27. The van der Waals surface area contributed by atoms with Gasteiger partial charge in [-0.3, -0.25) is 0 Å². The Labute approximate surface area is 123 Å². The predicted octanol–water partition coefficient (Wildman–Crippen LogP) is 3.54. The van der Waals surface area contributed by atoms with E-state index in [0.29, 0.717) is 29.8 Å². The molecule has 2 rings (SSSR count). The van der Waals surface area contributed by atoms with Crippen molar-refractivity contribution in [3.8, 4) is 0 Å². The number of hydrogen-bond acceptors (Lipinski definition) is 2. The van der Waals surface area contributed by atoms with Crippen molar-refractivity contribution in [3.63, 3.8) is 0 Å². The highest BCUT2D eigenvalue weighted by atomic mass is 32.2. The molecule has 20 heavy (non-hydrogen) atoms. The number of nitrogens with zero attached hydrogens (tertiary/aromatic N) is 1. The van der Waals surface area contributed by atoms with Crippen LogP contribution in [0.25, 0.3) is 0 Å². The van der Waals surface area contributed by atoms with Crippen LogP contribution in [0.5, 0.6) is 0 Å². The molecule has 0 N–H and O–H groups in total. The zero-order valence-electron chi connectivity index (χ0n) is 12.9. The van der Waals surface area contributed by atoms with Gasteiger partial charge in [-0.1, -0.05) is 32.9 Å². The Morgan fingerprint density at radius 1 is 1.20 bits per heavy atom. The quantitative estimate of drug-likeness (QED) is 0.855. The van der Waals surface area contributed by atoms with E-state index in [1.54, 1.807) is 10.4 Å². The first-order chi connectivity index (χ1) is 9.32. The first-order valence-electron chi connectivity index (χ1n) is 7.43. The Balaban J connectivity index is 2.30. The van der Waals surface area contributed by atoms with Gasteiger partial charge in [0.05, 0.1) is 4.90 Å². The van der Waals surface area contributed by atoms with E-state index in [4.69, 9.17) is 0 Å². The maximum atomic E-state index is 12.7. The van der Waals surface area contributed by atoms with E-state index in [-0.39, 0.29) is 0 Å². The normalized spacial score (nSPS) is 18.6. The third-order valence-corrected chi connectivity index (χ3v) is 6.28. The van der Waals surface area contributed by atoms with Gasteiger partial charge < -0.3 is 0 Å². The molecule has 0 spiro atoms. The smallest absolute Gasteiger partial charge is 0.207 e. The standard InChI is InChI=1S/C16H25NO2S/c1-12(2)15-5-6-16(14(4)11-15)20(18,19)17-9-7-13(3)8-10-17/h5-6,11-13H,7-10H2,1-4H3. The first-order valence-corrected chi connectivity index (χ1v) is 8.87. The molecule has 3 nitrogen and oxygen atoms in total. The van der Waals surface area contributed by atoms with Crippen molar-refractivity contribution in [2.75, 3.05) is 13.1 Å². The second kappa shape index (κ2) is 5.86. The van der Waals surface area contributed by atoms with Gasteiger partial charge in [-0.05, 0) is 48.8 Å². The highest BCUT2D eigenvalue weighted by Gasteiger charge is 2.29. The number of hydrogen-bond donors (Lipinski definition) is 0. The van der Waals surface area contributed by atoms with E-state index in [2.05, 4.69) is 20.8 Å². The topological polar surface area (TPSA) is 37.4 Å². The second-order valence-electron chi connectivity index (χ2n) is 6.27. The molecule has 1 aromatic carbocycles. The third kappa shape index (κ3) is 3.07. The third-order valence-electron chi connectivity index (χ3n) is 4.23. The molecule has 1 heterocycles. The molecule has 0 atom stereocenters. The van der Waals surface area contributed by atoms with E-state index in [1.165, 1.54) is 5.56 Å². The Morgan fingerprint density at radius 3 is 2.30 bits per heavy atom. The number of benzene rings is 1. The summed E-state index contributed by atoms with van der Waals surface area (Å²) >= 11 is 0. The molecular formula is C16H25NO2S. The van der Waals surface area contributed by atoms with Crippen LogP contribution >= 0.6 is 0 Å². The minimum atomic E-state index is -3.33. The fraction of sp³-hybridized carbons (Fsp3) is 0.625. The fourth-order valence-electron chi connectivity index (χ4n) is 2.69. The average Bonchev–Trinajstić information content (AvgIpc) is 2.38. The van der Waals surface area contributed by atoms with Crippen LogP contribution in [0, 0.1) is 12.8 Å². The van der Waals surface area contributed by atoms with E-state index in [9.17, 15) is 8.42 Å².